The summed E-state index contributed by atoms with van der Waals surface area (Å²) in [4.78, 5) is 18.0. The van der Waals surface area contributed by atoms with Gasteiger partial charge in [-0.25, -0.2) is 38.1 Å². The molecular weight excluding hydrogens is 863 g/mol. The first kappa shape index (κ1) is 44.7. The van der Waals surface area contributed by atoms with E-state index >= 15 is 0 Å². The van der Waals surface area contributed by atoms with Gasteiger partial charge in [0.1, 0.15) is 34.0 Å². The van der Waals surface area contributed by atoms with Crippen LogP contribution in [0.25, 0.3) is 35.7 Å². The lowest BCUT2D eigenvalue weighted by Crippen LogP contribution is -2.34. The van der Waals surface area contributed by atoms with E-state index < -0.39 is 10.8 Å². The highest BCUT2D eigenvalue weighted by atomic mass is 19.1. The van der Waals surface area contributed by atoms with Crippen LogP contribution in [0.1, 0.15) is 82.6 Å². The van der Waals surface area contributed by atoms with Gasteiger partial charge in [-0.05, 0) is 122 Å². The van der Waals surface area contributed by atoms with Crippen molar-refractivity contribution in [3.8, 4) is 35.0 Å². The van der Waals surface area contributed by atoms with E-state index in [1.54, 1.807) is 60.5 Å². The van der Waals surface area contributed by atoms with E-state index in [1.807, 2.05) is 96.1 Å². The summed E-state index contributed by atoms with van der Waals surface area (Å²) in [6.45, 7) is 5.25. The number of halogens is 2. The van der Waals surface area contributed by atoms with Crippen molar-refractivity contribution in [3.63, 3.8) is 0 Å². The van der Waals surface area contributed by atoms with Gasteiger partial charge in [-0.2, -0.15) is 20.7 Å². The van der Waals surface area contributed by atoms with Crippen LogP contribution in [0.3, 0.4) is 0 Å². The number of benzene rings is 4. The molecule has 2 aliphatic heterocycles. The van der Waals surface area contributed by atoms with Crippen LogP contribution in [0.2, 0.25) is 0 Å². The molecule has 16 heteroatoms. The van der Waals surface area contributed by atoms with Crippen molar-refractivity contribution in [2.45, 2.75) is 63.5 Å². The van der Waals surface area contributed by atoms with E-state index in [0.717, 1.165) is 69.4 Å². The molecule has 0 fully saturated rings. The maximum absolute atomic E-state index is 13.5. The van der Waals surface area contributed by atoms with Crippen LogP contribution in [0.15, 0.2) is 110 Å². The number of aromatic nitrogens is 10. The van der Waals surface area contributed by atoms with Crippen LogP contribution < -0.4 is 9.47 Å². The van der Waals surface area contributed by atoms with Gasteiger partial charge in [-0.1, -0.05) is 48.6 Å². The van der Waals surface area contributed by atoms with Gasteiger partial charge in [-0.15, -0.1) is 0 Å². The van der Waals surface area contributed by atoms with E-state index in [9.17, 15) is 19.3 Å². The van der Waals surface area contributed by atoms with Crippen molar-refractivity contribution < 1.29 is 18.3 Å². The van der Waals surface area contributed by atoms with Crippen LogP contribution in [-0.4, -0.2) is 62.9 Å². The quantitative estimate of drug-likeness (QED) is 0.129. The highest BCUT2D eigenvalue weighted by Crippen LogP contribution is 2.40. The first-order chi connectivity index (χ1) is 33.0. The Morgan fingerprint density at radius 3 is 1.35 bits per heavy atom. The van der Waals surface area contributed by atoms with Crippen molar-refractivity contribution in [1.29, 1.82) is 10.5 Å². The third-order valence-electron chi connectivity index (χ3n) is 12.3. The van der Waals surface area contributed by atoms with Crippen LogP contribution in [-0.2, 0) is 23.9 Å². The molecule has 10 rings (SSSR count). The number of nitrogens with zero attached hydrogens (tertiary/aromatic N) is 12. The lowest BCUT2D eigenvalue weighted by Gasteiger charge is -2.30. The monoisotopic (exact) mass is 908 g/mol. The molecule has 14 nitrogen and oxygen atoms in total. The molecule has 4 aromatic carbocycles. The smallest absolute Gasteiger partial charge is 0.174 e. The van der Waals surface area contributed by atoms with Gasteiger partial charge in [0.2, 0.25) is 0 Å². The summed E-state index contributed by atoms with van der Waals surface area (Å²) in [6.07, 6.45) is 17.7. The highest BCUT2D eigenvalue weighted by molar-refractivity contribution is 5.70. The molecule has 0 radical (unpaired) electrons. The fourth-order valence-corrected chi connectivity index (χ4v) is 8.84. The third kappa shape index (κ3) is 8.67. The predicted molar refractivity (Wildman–Crippen MR) is 252 cm³/mol. The average molecular weight is 909 g/mol. The second kappa shape index (κ2) is 18.8. The molecule has 0 bridgehead atoms. The van der Waals surface area contributed by atoms with Crippen LogP contribution in [0.5, 0.6) is 11.5 Å². The maximum Gasteiger partial charge on any atom is 0.174 e. The fourth-order valence-electron chi connectivity index (χ4n) is 8.84. The normalized spacial score (nSPS) is 17.5. The second-order valence-corrected chi connectivity index (χ2v) is 16.7. The van der Waals surface area contributed by atoms with Gasteiger partial charge in [0, 0.05) is 25.5 Å². The van der Waals surface area contributed by atoms with Gasteiger partial charge >= 0.3 is 0 Å². The number of nitriles is 2. The van der Waals surface area contributed by atoms with Gasteiger partial charge in [0.05, 0.1) is 61.8 Å². The first-order valence-corrected chi connectivity index (χ1v) is 22.0. The third-order valence-corrected chi connectivity index (χ3v) is 12.3. The minimum atomic E-state index is -0.946. The zero-order valence-corrected chi connectivity index (χ0v) is 37.9. The van der Waals surface area contributed by atoms with Crippen molar-refractivity contribution >= 4 is 24.3 Å². The highest BCUT2D eigenvalue weighted by Gasteiger charge is 2.43. The number of fused-ring (bicyclic) bond motifs is 2. The van der Waals surface area contributed by atoms with Gasteiger partial charge in [0.25, 0.3) is 0 Å². The molecule has 340 valence electrons. The topological polar surface area (TPSA) is 163 Å². The molecule has 2 atom stereocenters. The van der Waals surface area contributed by atoms with Crippen molar-refractivity contribution in [2.75, 3.05) is 14.2 Å². The Labute approximate surface area is 391 Å². The summed E-state index contributed by atoms with van der Waals surface area (Å²) >= 11 is 0. The second-order valence-electron chi connectivity index (χ2n) is 16.7. The van der Waals surface area contributed by atoms with E-state index in [1.165, 1.54) is 24.3 Å². The standard InChI is InChI=1S/2C26H23FN6O/c2*1-18-15-32(17-29-18)22-10-4-19(14-23(22)34-2)5-11-24-30-25-26(16-28,12-3-13-33(25)31-24)20-6-8-21(27)9-7-20/h2*4-11,14-15,17H,3,12-13H2,1-2H3/b2*11-5+/t2*26-/m10/s1. The fraction of sp³-hybridized carbons (Fsp3) is 0.231. The van der Waals surface area contributed by atoms with Crippen molar-refractivity contribution in [3.05, 3.63) is 179 Å². The largest absolute Gasteiger partial charge is 0.495 e. The summed E-state index contributed by atoms with van der Waals surface area (Å²) in [7, 11) is 3.27. The molecule has 0 N–H and O–H groups in total. The summed E-state index contributed by atoms with van der Waals surface area (Å²) in [5, 5.41) is 29.5. The van der Waals surface area contributed by atoms with E-state index in [4.69, 9.17) is 19.4 Å². The lowest BCUT2D eigenvalue weighted by atomic mass is 9.75. The molecule has 68 heavy (non-hydrogen) atoms. The number of hydrogen-bond donors (Lipinski definition) is 0. The lowest BCUT2D eigenvalue weighted by molar-refractivity contribution is 0.392. The van der Waals surface area contributed by atoms with Crippen LogP contribution >= 0.6 is 0 Å². The Hall–Kier alpha value is -8.50. The van der Waals surface area contributed by atoms with E-state index in [-0.39, 0.29) is 11.6 Å². The van der Waals surface area contributed by atoms with Gasteiger partial charge in [-0.3, -0.25) is 0 Å². The van der Waals surface area contributed by atoms with Crippen molar-refractivity contribution in [2.24, 2.45) is 0 Å². The molecule has 0 unspecified atom stereocenters. The van der Waals surface area contributed by atoms with Gasteiger partial charge < -0.3 is 18.6 Å². The zero-order valence-electron chi connectivity index (χ0n) is 37.9. The SMILES string of the molecule is COc1cc(/C=C/c2nc3n(n2)CCC[C@@]3(C#N)c2ccc(F)cc2)ccc1-n1cnc(C)c1.COc1cc(/C=C/c2nc3n(n2)CCC[C@]3(C#N)c2ccc(F)cc2)ccc1-n1cnc(C)c1. The Bertz CT molecular complexity index is 3040. The molecule has 6 heterocycles. The number of imidazole rings is 2. The number of methoxy groups -OCH3 is 2. The van der Waals surface area contributed by atoms with E-state index in [0.29, 0.717) is 49.2 Å². The molecule has 4 aromatic heterocycles. The summed E-state index contributed by atoms with van der Waals surface area (Å²) in [5.41, 5.74) is 5.07. The summed E-state index contributed by atoms with van der Waals surface area (Å²) < 4.78 is 45.6. The molecule has 0 aliphatic carbocycles. The number of hydrogen-bond acceptors (Lipinski definition) is 10. The maximum atomic E-state index is 13.5. The van der Waals surface area contributed by atoms with E-state index in [2.05, 4.69) is 32.3 Å². The zero-order chi connectivity index (χ0) is 47.4. The Morgan fingerprint density at radius 1 is 0.588 bits per heavy atom. The first-order valence-electron chi connectivity index (χ1n) is 22.0. The Kier molecular flexibility index (Phi) is 12.3. The molecule has 8 aromatic rings. The molecule has 0 amide bonds. The Balaban J connectivity index is 0.000000170. The minimum Gasteiger partial charge on any atom is -0.495 e. The summed E-state index contributed by atoms with van der Waals surface area (Å²) in [5.74, 6) is 3.00. The number of ether oxygens (including phenoxy) is 2. The van der Waals surface area contributed by atoms with Crippen molar-refractivity contribution in [1.82, 2.24) is 48.6 Å². The van der Waals surface area contributed by atoms with Crippen LogP contribution in [0, 0.1) is 48.1 Å². The van der Waals surface area contributed by atoms with Gasteiger partial charge in [0.15, 0.2) is 23.3 Å². The number of aryl methyl sites for hydroxylation is 4. The predicted octanol–water partition coefficient (Wildman–Crippen LogP) is 9.39. The average Bonchev–Trinajstić information content (AvgIpc) is 4.20. The molecule has 0 saturated heterocycles. The minimum absolute atomic E-state index is 0.331. The molecule has 2 aliphatic rings. The molecule has 0 saturated carbocycles. The molecule has 0 spiro atoms. The molecular formula is C52H46F2N12O2. The Morgan fingerprint density at radius 2 is 1.00 bits per heavy atom. The summed E-state index contributed by atoms with van der Waals surface area (Å²) in [6, 6.07) is 28.8. The van der Waals surface area contributed by atoms with Crippen LogP contribution in [0.4, 0.5) is 8.78 Å². The number of rotatable bonds is 10.